The van der Waals surface area contributed by atoms with Crippen LogP contribution >= 0.6 is 11.6 Å². The Morgan fingerprint density at radius 1 is 1.22 bits per heavy atom. The molecular weight excluding hydrogens is 256 g/mol. The summed E-state index contributed by atoms with van der Waals surface area (Å²) >= 11 is 5.76. The number of anilines is 1. The van der Waals surface area contributed by atoms with E-state index in [9.17, 15) is 9.59 Å². The molecule has 0 unspecified atom stereocenters. The molecule has 18 heavy (non-hydrogen) atoms. The van der Waals surface area contributed by atoms with Crippen LogP contribution in [0.25, 0.3) is 5.69 Å². The van der Waals surface area contributed by atoms with E-state index < -0.39 is 11.4 Å². The van der Waals surface area contributed by atoms with Gasteiger partial charge >= 0.3 is 11.4 Å². The van der Waals surface area contributed by atoms with Crippen molar-refractivity contribution in [2.75, 3.05) is 12.4 Å². The molecule has 1 N–H and O–H groups in total. The van der Waals surface area contributed by atoms with Gasteiger partial charge in [0.05, 0.1) is 5.69 Å². The first-order chi connectivity index (χ1) is 8.54. The number of nitrogens with one attached hydrogen (secondary N) is 1. The summed E-state index contributed by atoms with van der Waals surface area (Å²) in [6, 6.07) is 6.39. The summed E-state index contributed by atoms with van der Waals surface area (Å²) in [6.07, 6.45) is 0. The highest BCUT2D eigenvalue weighted by Crippen LogP contribution is 2.10. The number of aromatic nitrogens is 3. The van der Waals surface area contributed by atoms with Crippen LogP contribution in [-0.2, 0) is 7.05 Å². The van der Waals surface area contributed by atoms with Crippen molar-refractivity contribution < 1.29 is 0 Å². The molecule has 94 valence electrons. The molecule has 0 fully saturated rings. The van der Waals surface area contributed by atoms with Crippen LogP contribution in [0.5, 0.6) is 0 Å². The number of nitrogens with zero attached hydrogens (tertiary/aromatic N) is 3. The predicted molar refractivity (Wildman–Crippen MR) is 69.6 cm³/mol. The van der Waals surface area contributed by atoms with Crippen LogP contribution in [0.3, 0.4) is 0 Å². The molecule has 0 saturated heterocycles. The number of halogens is 1. The SMILES string of the molecule is CNc1nc(=O)n(-c2ccc(Cl)cc2)c(=O)n1C. The molecule has 1 aromatic carbocycles. The molecule has 2 rings (SSSR count). The molecule has 1 heterocycles. The predicted octanol–water partition coefficient (Wildman–Crippen LogP) is 0.626. The Bertz CT molecular complexity index is 688. The summed E-state index contributed by atoms with van der Waals surface area (Å²) in [5, 5.41) is 3.21. The summed E-state index contributed by atoms with van der Waals surface area (Å²) < 4.78 is 2.24. The first-order valence-electron chi connectivity index (χ1n) is 5.18. The molecule has 0 radical (unpaired) electrons. The third-order valence-corrected chi connectivity index (χ3v) is 2.75. The second kappa shape index (κ2) is 4.66. The van der Waals surface area contributed by atoms with Crippen molar-refractivity contribution in [3.8, 4) is 5.69 Å². The maximum Gasteiger partial charge on any atom is 0.359 e. The topological polar surface area (TPSA) is 68.9 Å². The van der Waals surface area contributed by atoms with Gasteiger partial charge in [-0.2, -0.15) is 4.98 Å². The lowest BCUT2D eigenvalue weighted by atomic mass is 10.3. The highest BCUT2D eigenvalue weighted by atomic mass is 35.5. The first kappa shape index (κ1) is 12.4. The Morgan fingerprint density at radius 3 is 2.39 bits per heavy atom. The average molecular weight is 267 g/mol. The van der Waals surface area contributed by atoms with Crippen molar-refractivity contribution in [2.24, 2.45) is 7.05 Å². The van der Waals surface area contributed by atoms with Gasteiger partial charge in [0.2, 0.25) is 5.95 Å². The minimum absolute atomic E-state index is 0.218. The Balaban J connectivity index is 2.73. The second-order valence-corrected chi connectivity index (χ2v) is 4.06. The standard InChI is InChI=1S/C11H11ClN4O2/c1-13-9-14-10(17)16(11(18)15(9)2)8-5-3-7(12)4-6-8/h3-6H,1-2H3,(H,13,14,17). The van der Waals surface area contributed by atoms with Crippen LogP contribution in [0, 0.1) is 0 Å². The zero-order chi connectivity index (χ0) is 13.3. The monoisotopic (exact) mass is 266 g/mol. The molecule has 7 heteroatoms. The van der Waals surface area contributed by atoms with Gasteiger partial charge in [-0.3, -0.25) is 4.57 Å². The normalized spacial score (nSPS) is 10.4. The van der Waals surface area contributed by atoms with E-state index in [-0.39, 0.29) is 5.95 Å². The van der Waals surface area contributed by atoms with Gasteiger partial charge in [-0.1, -0.05) is 11.6 Å². The highest BCUT2D eigenvalue weighted by Gasteiger charge is 2.10. The van der Waals surface area contributed by atoms with Crippen molar-refractivity contribution in [3.05, 3.63) is 50.3 Å². The van der Waals surface area contributed by atoms with Crippen LogP contribution in [-0.4, -0.2) is 21.2 Å². The highest BCUT2D eigenvalue weighted by molar-refractivity contribution is 6.30. The van der Waals surface area contributed by atoms with E-state index in [1.54, 1.807) is 31.3 Å². The van der Waals surface area contributed by atoms with Crippen LogP contribution < -0.4 is 16.7 Å². The van der Waals surface area contributed by atoms with Crippen LogP contribution in [0.2, 0.25) is 5.02 Å². The molecule has 0 aliphatic carbocycles. The Morgan fingerprint density at radius 2 is 1.83 bits per heavy atom. The van der Waals surface area contributed by atoms with Crippen molar-refractivity contribution >= 4 is 17.5 Å². The van der Waals surface area contributed by atoms with Crippen LogP contribution in [0.15, 0.2) is 33.9 Å². The molecule has 0 aliphatic rings. The fourth-order valence-electron chi connectivity index (χ4n) is 1.57. The third-order valence-electron chi connectivity index (χ3n) is 2.50. The van der Waals surface area contributed by atoms with E-state index in [2.05, 4.69) is 10.3 Å². The van der Waals surface area contributed by atoms with Crippen molar-refractivity contribution in [1.82, 2.24) is 14.1 Å². The molecule has 6 nitrogen and oxygen atoms in total. The van der Waals surface area contributed by atoms with Crippen molar-refractivity contribution in [2.45, 2.75) is 0 Å². The molecule has 0 amide bonds. The van der Waals surface area contributed by atoms with E-state index in [4.69, 9.17) is 11.6 Å². The summed E-state index contributed by atoms with van der Waals surface area (Å²) in [6.45, 7) is 0. The fraction of sp³-hybridized carbons (Fsp3) is 0.182. The zero-order valence-electron chi connectivity index (χ0n) is 9.85. The fourth-order valence-corrected chi connectivity index (χ4v) is 1.70. The van der Waals surface area contributed by atoms with Crippen LogP contribution in [0.1, 0.15) is 0 Å². The summed E-state index contributed by atoms with van der Waals surface area (Å²) in [5.74, 6) is 0.218. The third kappa shape index (κ3) is 2.02. The lowest BCUT2D eigenvalue weighted by molar-refractivity contribution is 0.702. The van der Waals surface area contributed by atoms with Gasteiger partial charge in [-0.05, 0) is 24.3 Å². The minimum Gasteiger partial charge on any atom is -0.358 e. The lowest BCUT2D eigenvalue weighted by Crippen LogP contribution is -2.40. The zero-order valence-corrected chi connectivity index (χ0v) is 10.6. The number of hydrogen-bond acceptors (Lipinski definition) is 4. The quantitative estimate of drug-likeness (QED) is 0.865. The van der Waals surface area contributed by atoms with Crippen molar-refractivity contribution in [1.29, 1.82) is 0 Å². The van der Waals surface area contributed by atoms with Gasteiger partial charge in [-0.25, -0.2) is 14.2 Å². The van der Waals surface area contributed by atoms with Gasteiger partial charge in [0, 0.05) is 19.1 Å². The maximum atomic E-state index is 12.1. The first-order valence-corrected chi connectivity index (χ1v) is 5.56. The Kier molecular flexibility index (Phi) is 3.20. The number of rotatable bonds is 2. The Labute approximate surface area is 107 Å². The molecule has 0 saturated carbocycles. The summed E-state index contributed by atoms with van der Waals surface area (Å²) in [5.41, 5.74) is -0.674. The van der Waals surface area contributed by atoms with E-state index in [0.29, 0.717) is 10.7 Å². The maximum absolute atomic E-state index is 12.1. The van der Waals surface area contributed by atoms with Gasteiger partial charge in [0.25, 0.3) is 0 Å². The molecule has 1 aromatic heterocycles. The van der Waals surface area contributed by atoms with E-state index >= 15 is 0 Å². The van der Waals surface area contributed by atoms with Gasteiger partial charge in [0.1, 0.15) is 0 Å². The minimum atomic E-state index is -0.634. The number of benzene rings is 1. The summed E-state index contributed by atoms with van der Waals surface area (Å²) in [4.78, 5) is 27.7. The van der Waals surface area contributed by atoms with Gasteiger partial charge in [-0.15, -0.1) is 0 Å². The molecular formula is C11H11ClN4O2. The smallest absolute Gasteiger partial charge is 0.358 e. The molecule has 0 aliphatic heterocycles. The molecule has 0 atom stereocenters. The molecule has 2 aromatic rings. The molecule has 0 bridgehead atoms. The lowest BCUT2D eigenvalue weighted by Gasteiger charge is -2.09. The largest absolute Gasteiger partial charge is 0.359 e. The molecule has 0 spiro atoms. The van der Waals surface area contributed by atoms with Gasteiger partial charge in [0.15, 0.2) is 0 Å². The summed E-state index contributed by atoms with van der Waals surface area (Å²) in [7, 11) is 3.13. The average Bonchev–Trinajstić information content (AvgIpc) is 2.36. The van der Waals surface area contributed by atoms with Crippen molar-refractivity contribution in [3.63, 3.8) is 0 Å². The second-order valence-electron chi connectivity index (χ2n) is 3.62. The Hall–Kier alpha value is -2.08. The number of hydrogen-bond donors (Lipinski definition) is 1. The van der Waals surface area contributed by atoms with E-state index in [1.807, 2.05) is 0 Å². The van der Waals surface area contributed by atoms with Crippen LogP contribution in [0.4, 0.5) is 5.95 Å². The van der Waals surface area contributed by atoms with Gasteiger partial charge < -0.3 is 5.32 Å². The van der Waals surface area contributed by atoms with E-state index in [0.717, 1.165) is 4.57 Å². The van der Waals surface area contributed by atoms with E-state index in [1.165, 1.54) is 11.6 Å².